The van der Waals surface area contributed by atoms with E-state index in [1.807, 2.05) is 32.0 Å². The third-order valence-corrected chi connectivity index (χ3v) is 2.72. The van der Waals surface area contributed by atoms with Crippen molar-refractivity contribution in [3.63, 3.8) is 0 Å². The smallest absolute Gasteiger partial charge is 0.306 e. The Labute approximate surface area is 108 Å². The monoisotopic (exact) mass is 251 g/mol. The van der Waals surface area contributed by atoms with Crippen LogP contribution < -0.4 is 5.32 Å². The molecule has 0 fully saturated rings. The minimum Gasteiger partial charge on any atom is -0.481 e. The molecule has 0 saturated heterocycles. The standard InChI is InChI=1S/C14H21NO3/c1-14(2,9-11-6-4-3-5-7-11)15-10-12(16)8-13(17)18/h3-7,12,15-16H,8-10H2,1-2H3,(H,17,18). The summed E-state index contributed by atoms with van der Waals surface area (Å²) >= 11 is 0. The van der Waals surface area contributed by atoms with Crippen LogP contribution in [-0.4, -0.2) is 34.4 Å². The molecule has 4 nitrogen and oxygen atoms in total. The van der Waals surface area contributed by atoms with Crippen molar-refractivity contribution in [3.8, 4) is 0 Å². The topological polar surface area (TPSA) is 69.6 Å². The zero-order valence-electron chi connectivity index (χ0n) is 10.9. The molecular formula is C14H21NO3. The number of aliphatic hydroxyl groups is 1. The Kier molecular flexibility index (Phi) is 5.31. The van der Waals surface area contributed by atoms with Crippen LogP contribution in [0.1, 0.15) is 25.8 Å². The van der Waals surface area contributed by atoms with Gasteiger partial charge in [-0.3, -0.25) is 4.79 Å². The van der Waals surface area contributed by atoms with E-state index in [9.17, 15) is 9.90 Å². The van der Waals surface area contributed by atoms with E-state index in [1.165, 1.54) is 5.56 Å². The first kappa shape index (κ1) is 14.7. The summed E-state index contributed by atoms with van der Waals surface area (Å²) in [5.41, 5.74) is 1.03. The van der Waals surface area contributed by atoms with E-state index < -0.39 is 12.1 Å². The van der Waals surface area contributed by atoms with Crippen LogP contribution in [0.2, 0.25) is 0 Å². The molecule has 1 aromatic carbocycles. The average Bonchev–Trinajstić information content (AvgIpc) is 2.26. The highest BCUT2D eigenvalue weighted by atomic mass is 16.4. The van der Waals surface area contributed by atoms with Crippen molar-refractivity contribution in [1.29, 1.82) is 0 Å². The summed E-state index contributed by atoms with van der Waals surface area (Å²) in [5.74, 6) is -0.981. The summed E-state index contributed by atoms with van der Waals surface area (Å²) in [5, 5.41) is 21.3. The van der Waals surface area contributed by atoms with Gasteiger partial charge in [-0.2, -0.15) is 0 Å². The second kappa shape index (κ2) is 6.52. The third-order valence-electron chi connectivity index (χ3n) is 2.72. The van der Waals surface area contributed by atoms with Crippen LogP contribution in [0.15, 0.2) is 30.3 Å². The fourth-order valence-electron chi connectivity index (χ4n) is 1.84. The third kappa shape index (κ3) is 5.80. The molecule has 100 valence electrons. The van der Waals surface area contributed by atoms with E-state index in [-0.39, 0.29) is 18.5 Å². The first-order valence-electron chi connectivity index (χ1n) is 6.08. The molecule has 0 aliphatic heterocycles. The number of carboxylic acid groups (broad SMARTS) is 1. The molecule has 1 aromatic rings. The summed E-state index contributed by atoms with van der Waals surface area (Å²) in [6, 6.07) is 10.1. The Bertz CT molecular complexity index is 376. The van der Waals surface area contributed by atoms with Crippen molar-refractivity contribution in [2.24, 2.45) is 0 Å². The maximum Gasteiger partial charge on any atom is 0.306 e. The number of β-amino-alcohol motifs (C(OH)–C–C–N with tert-alkyl or cyclic N) is 1. The molecule has 4 heteroatoms. The minimum absolute atomic E-state index is 0.180. The Hall–Kier alpha value is -1.39. The number of hydrogen-bond donors (Lipinski definition) is 3. The molecule has 0 aliphatic rings. The highest BCUT2D eigenvalue weighted by Gasteiger charge is 2.19. The van der Waals surface area contributed by atoms with Crippen LogP contribution >= 0.6 is 0 Å². The lowest BCUT2D eigenvalue weighted by Crippen LogP contribution is -2.45. The fraction of sp³-hybridized carbons (Fsp3) is 0.500. The number of carbonyl (C=O) groups is 1. The van der Waals surface area contributed by atoms with Crippen molar-refractivity contribution in [2.45, 2.75) is 38.3 Å². The summed E-state index contributed by atoms with van der Waals surface area (Å²) < 4.78 is 0. The van der Waals surface area contributed by atoms with Gasteiger partial charge in [-0.15, -0.1) is 0 Å². The van der Waals surface area contributed by atoms with E-state index in [4.69, 9.17) is 5.11 Å². The van der Waals surface area contributed by atoms with E-state index in [0.717, 1.165) is 6.42 Å². The second-order valence-corrected chi connectivity index (χ2v) is 5.18. The zero-order valence-corrected chi connectivity index (χ0v) is 10.9. The fourth-order valence-corrected chi connectivity index (χ4v) is 1.84. The lowest BCUT2D eigenvalue weighted by atomic mass is 9.94. The van der Waals surface area contributed by atoms with Gasteiger partial charge in [0.15, 0.2) is 0 Å². The molecule has 3 N–H and O–H groups in total. The van der Waals surface area contributed by atoms with Crippen LogP contribution in [0.3, 0.4) is 0 Å². The maximum atomic E-state index is 10.4. The molecule has 1 unspecified atom stereocenters. The molecule has 0 spiro atoms. The van der Waals surface area contributed by atoms with Gasteiger partial charge in [0.25, 0.3) is 0 Å². The summed E-state index contributed by atoms with van der Waals surface area (Å²) in [4.78, 5) is 10.4. The van der Waals surface area contributed by atoms with E-state index in [0.29, 0.717) is 0 Å². The van der Waals surface area contributed by atoms with Crippen LogP contribution in [-0.2, 0) is 11.2 Å². The van der Waals surface area contributed by atoms with Crippen molar-refractivity contribution in [2.75, 3.05) is 6.54 Å². The lowest BCUT2D eigenvalue weighted by molar-refractivity contribution is -0.139. The molecule has 1 atom stereocenters. The number of hydrogen-bond acceptors (Lipinski definition) is 3. The van der Waals surface area contributed by atoms with Gasteiger partial charge in [0, 0.05) is 12.1 Å². The van der Waals surface area contributed by atoms with Gasteiger partial charge in [-0.05, 0) is 25.8 Å². The predicted molar refractivity (Wildman–Crippen MR) is 70.5 cm³/mol. The molecule has 0 aliphatic carbocycles. The first-order valence-corrected chi connectivity index (χ1v) is 6.08. The number of benzene rings is 1. The van der Waals surface area contributed by atoms with Gasteiger partial charge in [-0.25, -0.2) is 0 Å². The molecule has 0 heterocycles. The number of rotatable bonds is 7. The number of nitrogens with one attached hydrogen (secondary N) is 1. The SMILES string of the molecule is CC(C)(Cc1ccccc1)NCC(O)CC(=O)O. The maximum absolute atomic E-state index is 10.4. The van der Waals surface area contributed by atoms with Gasteiger partial charge < -0.3 is 15.5 Å². The normalized spacial score (nSPS) is 13.3. The predicted octanol–water partition coefficient (Wildman–Crippen LogP) is 1.43. The summed E-state index contributed by atoms with van der Waals surface area (Å²) in [7, 11) is 0. The minimum atomic E-state index is -0.981. The molecule has 1 rings (SSSR count). The quantitative estimate of drug-likeness (QED) is 0.685. The molecular weight excluding hydrogens is 230 g/mol. The van der Waals surface area contributed by atoms with Crippen LogP contribution in [0.25, 0.3) is 0 Å². The van der Waals surface area contributed by atoms with Gasteiger partial charge in [0.05, 0.1) is 12.5 Å². The zero-order chi connectivity index (χ0) is 13.6. The van der Waals surface area contributed by atoms with Gasteiger partial charge in [0.2, 0.25) is 0 Å². The summed E-state index contributed by atoms with van der Waals surface area (Å²) in [6.45, 7) is 4.35. The van der Waals surface area contributed by atoms with E-state index >= 15 is 0 Å². The highest BCUT2D eigenvalue weighted by molar-refractivity contribution is 5.67. The number of aliphatic hydroxyl groups excluding tert-OH is 1. The Morgan fingerprint density at radius 3 is 2.50 bits per heavy atom. The number of carboxylic acids is 1. The molecule has 0 amide bonds. The van der Waals surface area contributed by atoms with Crippen molar-refractivity contribution in [1.82, 2.24) is 5.32 Å². The Morgan fingerprint density at radius 2 is 1.94 bits per heavy atom. The van der Waals surface area contributed by atoms with Gasteiger partial charge in [0.1, 0.15) is 0 Å². The molecule has 18 heavy (non-hydrogen) atoms. The van der Waals surface area contributed by atoms with Crippen molar-refractivity contribution < 1.29 is 15.0 Å². The molecule has 0 radical (unpaired) electrons. The van der Waals surface area contributed by atoms with Crippen LogP contribution in [0.5, 0.6) is 0 Å². The van der Waals surface area contributed by atoms with Crippen LogP contribution in [0, 0.1) is 0 Å². The van der Waals surface area contributed by atoms with Gasteiger partial charge >= 0.3 is 5.97 Å². The second-order valence-electron chi connectivity index (χ2n) is 5.18. The molecule has 0 bridgehead atoms. The average molecular weight is 251 g/mol. The van der Waals surface area contributed by atoms with Gasteiger partial charge in [-0.1, -0.05) is 30.3 Å². The molecule has 0 aromatic heterocycles. The highest BCUT2D eigenvalue weighted by Crippen LogP contribution is 2.12. The van der Waals surface area contributed by atoms with E-state index in [2.05, 4.69) is 17.4 Å². The molecule has 0 saturated carbocycles. The summed E-state index contributed by atoms with van der Waals surface area (Å²) in [6.07, 6.45) is -0.250. The van der Waals surface area contributed by atoms with E-state index in [1.54, 1.807) is 0 Å². The largest absolute Gasteiger partial charge is 0.481 e. The Balaban J connectivity index is 2.42. The Morgan fingerprint density at radius 1 is 1.33 bits per heavy atom. The number of aliphatic carboxylic acids is 1. The van der Waals surface area contributed by atoms with Crippen LogP contribution in [0.4, 0.5) is 0 Å². The first-order chi connectivity index (χ1) is 8.39. The lowest BCUT2D eigenvalue weighted by Gasteiger charge is -2.27. The van der Waals surface area contributed by atoms with Crippen molar-refractivity contribution >= 4 is 5.97 Å². The van der Waals surface area contributed by atoms with Crippen molar-refractivity contribution in [3.05, 3.63) is 35.9 Å².